The highest BCUT2D eigenvalue weighted by atomic mass is 31.2. The summed E-state index contributed by atoms with van der Waals surface area (Å²) < 4.78 is 14.4. The third-order valence-corrected chi connectivity index (χ3v) is 8.14. The first-order chi connectivity index (χ1) is 15.0. The maximum Gasteiger partial charge on any atom is 0.221 e. The van der Waals surface area contributed by atoms with Crippen LogP contribution in [0, 0.1) is 0 Å². The lowest BCUT2D eigenvalue weighted by molar-refractivity contribution is 0.585. The zero-order valence-corrected chi connectivity index (χ0v) is 18.2. The quantitative estimate of drug-likeness (QED) is 0.392. The minimum Gasteiger partial charge on any atom is -0.319 e. The van der Waals surface area contributed by atoms with Gasteiger partial charge in [0.25, 0.3) is 0 Å². The van der Waals surface area contributed by atoms with E-state index < -0.39 is 7.14 Å². The van der Waals surface area contributed by atoms with Gasteiger partial charge in [0.2, 0.25) is 5.65 Å². The normalized spacial score (nSPS) is 13.5. The van der Waals surface area contributed by atoms with Gasteiger partial charge in [-0.1, -0.05) is 48.5 Å². The van der Waals surface area contributed by atoms with Crippen molar-refractivity contribution < 1.29 is 4.57 Å². The van der Waals surface area contributed by atoms with Gasteiger partial charge in [-0.3, -0.25) is 4.98 Å². The molecule has 31 heavy (non-hydrogen) atoms. The van der Waals surface area contributed by atoms with E-state index in [9.17, 15) is 4.57 Å². The van der Waals surface area contributed by atoms with Crippen molar-refractivity contribution >= 4 is 34.6 Å². The number of hydrogen-bond acceptors (Lipinski definition) is 6. The van der Waals surface area contributed by atoms with Crippen LogP contribution in [0.25, 0.3) is 33.5 Å². The molecule has 3 heterocycles. The number of benzene rings is 2. The van der Waals surface area contributed by atoms with Crippen LogP contribution in [0.5, 0.6) is 0 Å². The van der Waals surface area contributed by atoms with Crippen LogP contribution in [0.2, 0.25) is 0 Å². The van der Waals surface area contributed by atoms with Crippen LogP contribution in [0.3, 0.4) is 0 Å². The topological polar surface area (TPSA) is 86.5 Å². The molecule has 0 fully saturated rings. The Kier molecular flexibility index (Phi) is 4.83. The zero-order chi connectivity index (χ0) is 21.4. The van der Waals surface area contributed by atoms with Gasteiger partial charge in [-0.2, -0.15) is 0 Å². The molecule has 0 amide bonds. The fourth-order valence-corrected chi connectivity index (χ4v) is 4.67. The second-order valence-electron chi connectivity index (χ2n) is 7.64. The van der Waals surface area contributed by atoms with Crippen LogP contribution in [0.1, 0.15) is 12.5 Å². The van der Waals surface area contributed by atoms with Crippen molar-refractivity contribution in [3.63, 3.8) is 0 Å². The Morgan fingerprint density at radius 2 is 1.87 bits per heavy atom. The number of pyridine rings is 1. The Bertz CT molecular complexity index is 1440. The predicted octanol–water partition coefficient (Wildman–Crippen LogP) is 4.12. The summed E-state index contributed by atoms with van der Waals surface area (Å²) in [6.45, 7) is 4.31. The Labute approximate surface area is 179 Å². The Hall–Kier alpha value is -3.44. The third kappa shape index (κ3) is 3.73. The van der Waals surface area contributed by atoms with Crippen molar-refractivity contribution in [1.29, 1.82) is 0 Å². The molecule has 5 rings (SSSR count). The Morgan fingerprint density at radius 3 is 2.68 bits per heavy atom. The van der Waals surface area contributed by atoms with Crippen molar-refractivity contribution in [2.24, 2.45) is 0 Å². The molecule has 3 aromatic heterocycles. The lowest BCUT2D eigenvalue weighted by atomic mass is 10.1. The van der Waals surface area contributed by atoms with Crippen molar-refractivity contribution in [2.75, 3.05) is 12.8 Å². The van der Waals surface area contributed by atoms with Gasteiger partial charge < -0.3 is 4.57 Å². The molecule has 0 spiro atoms. The van der Waals surface area contributed by atoms with Crippen molar-refractivity contribution in [1.82, 2.24) is 29.9 Å². The fourth-order valence-electron chi connectivity index (χ4n) is 3.53. The summed E-state index contributed by atoms with van der Waals surface area (Å²) in [5.41, 5.74) is 4.82. The summed E-state index contributed by atoms with van der Waals surface area (Å²) in [4.78, 5) is 13.6. The lowest BCUT2D eigenvalue weighted by Gasteiger charge is -2.11. The van der Waals surface area contributed by atoms with Gasteiger partial charge in [0, 0.05) is 28.6 Å². The first-order valence-electron chi connectivity index (χ1n) is 10.1. The first-order valence-corrected chi connectivity index (χ1v) is 12.4. The number of fused-ring (bicyclic) bond motifs is 2. The van der Waals surface area contributed by atoms with Gasteiger partial charge in [-0.05, 0) is 30.4 Å². The molecule has 0 aliphatic carbocycles. The third-order valence-electron chi connectivity index (χ3n) is 5.54. The average molecular weight is 428 g/mol. The number of aromatic nitrogens is 6. The van der Waals surface area contributed by atoms with Crippen molar-refractivity contribution in [3.05, 3.63) is 72.6 Å². The molecule has 8 heteroatoms. The van der Waals surface area contributed by atoms with E-state index in [1.807, 2.05) is 62.1 Å². The maximum absolute atomic E-state index is 12.6. The summed E-state index contributed by atoms with van der Waals surface area (Å²) in [6, 6.07) is 17.8. The van der Waals surface area contributed by atoms with E-state index in [4.69, 9.17) is 4.98 Å². The molecule has 0 aliphatic rings. The van der Waals surface area contributed by atoms with Crippen LogP contribution in [-0.2, 0) is 11.1 Å². The minimum atomic E-state index is -2.30. The molecule has 0 aliphatic heterocycles. The molecule has 154 valence electrons. The molecule has 0 bridgehead atoms. The Balaban J connectivity index is 1.48. The maximum atomic E-state index is 12.6. The fraction of sp³-hybridized carbons (Fsp3) is 0.174. The molecule has 5 aromatic rings. The van der Waals surface area contributed by atoms with Crippen LogP contribution in [0.15, 0.2) is 67.0 Å². The highest BCUT2D eigenvalue weighted by Crippen LogP contribution is 2.39. The standard InChI is InChI=1S/C23H21N6OP/c1-3-31(2,30)19-9-7-17(8-10-19)21-14-25-22-23(26-21)29(28-27-22)15-16-6-11-20-18(13-16)5-4-12-24-20/h4-14H,3,15H2,1-2H3. The number of hydrogen-bond donors (Lipinski definition) is 0. The van der Waals surface area contributed by atoms with Gasteiger partial charge >= 0.3 is 0 Å². The highest BCUT2D eigenvalue weighted by Gasteiger charge is 2.16. The van der Waals surface area contributed by atoms with Gasteiger partial charge in [-0.25, -0.2) is 14.6 Å². The van der Waals surface area contributed by atoms with E-state index in [1.165, 1.54) is 0 Å². The molecule has 0 saturated heterocycles. The van der Waals surface area contributed by atoms with Gasteiger partial charge in [0.05, 0.1) is 24.0 Å². The van der Waals surface area contributed by atoms with E-state index in [-0.39, 0.29) is 0 Å². The SMILES string of the molecule is CCP(C)(=O)c1ccc(-c2cnc3nnn(Cc4ccc5ncccc5c4)c3n2)cc1. The number of rotatable bonds is 5. The highest BCUT2D eigenvalue weighted by molar-refractivity contribution is 7.70. The van der Waals surface area contributed by atoms with Crippen LogP contribution in [-0.4, -0.2) is 42.8 Å². The van der Waals surface area contributed by atoms with Crippen molar-refractivity contribution in [3.8, 4) is 11.3 Å². The van der Waals surface area contributed by atoms with E-state index in [0.29, 0.717) is 24.0 Å². The second-order valence-corrected chi connectivity index (χ2v) is 11.0. The Morgan fingerprint density at radius 1 is 1.03 bits per heavy atom. The summed E-state index contributed by atoms with van der Waals surface area (Å²) >= 11 is 0. The van der Waals surface area contributed by atoms with E-state index in [0.717, 1.165) is 33.0 Å². The molecule has 1 atom stereocenters. The van der Waals surface area contributed by atoms with Gasteiger partial charge in [-0.15, -0.1) is 5.10 Å². The first kappa shape index (κ1) is 19.5. The average Bonchev–Trinajstić information content (AvgIpc) is 3.21. The van der Waals surface area contributed by atoms with Crippen LogP contribution in [0.4, 0.5) is 0 Å². The molecular formula is C23H21N6OP. The number of nitrogens with zero attached hydrogens (tertiary/aromatic N) is 6. The van der Waals surface area contributed by atoms with Gasteiger partial charge in [0.1, 0.15) is 7.14 Å². The van der Waals surface area contributed by atoms with Gasteiger partial charge in [0.15, 0.2) is 5.65 Å². The van der Waals surface area contributed by atoms with Crippen LogP contribution >= 0.6 is 7.14 Å². The lowest BCUT2D eigenvalue weighted by Crippen LogP contribution is -2.05. The zero-order valence-electron chi connectivity index (χ0n) is 17.3. The summed E-state index contributed by atoms with van der Waals surface area (Å²) in [5, 5.41) is 10.4. The summed E-state index contributed by atoms with van der Waals surface area (Å²) in [5.74, 6) is 0. The van der Waals surface area contributed by atoms with E-state index >= 15 is 0 Å². The molecule has 2 aromatic carbocycles. The molecule has 7 nitrogen and oxygen atoms in total. The smallest absolute Gasteiger partial charge is 0.221 e. The summed E-state index contributed by atoms with van der Waals surface area (Å²) in [7, 11) is -2.30. The molecule has 0 radical (unpaired) electrons. The molecule has 0 saturated carbocycles. The van der Waals surface area contributed by atoms with Crippen molar-refractivity contribution in [2.45, 2.75) is 13.5 Å². The minimum absolute atomic E-state index is 0.506. The monoisotopic (exact) mass is 428 g/mol. The predicted molar refractivity (Wildman–Crippen MR) is 123 cm³/mol. The van der Waals surface area contributed by atoms with Crippen LogP contribution < -0.4 is 5.30 Å². The molecule has 0 N–H and O–H groups in total. The largest absolute Gasteiger partial charge is 0.319 e. The summed E-state index contributed by atoms with van der Waals surface area (Å²) in [6.07, 6.45) is 4.13. The van der Waals surface area contributed by atoms with E-state index in [1.54, 1.807) is 17.1 Å². The second kappa shape index (κ2) is 7.67. The molecular weight excluding hydrogens is 407 g/mol. The molecule has 1 unspecified atom stereocenters. The van der Waals surface area contributed by atoms with E-state index in [2.05, 4.69) is 26.3 Å².